The summed E-state index contributed by atoms with van der Waals surface area (Å²) in [5.41, 5.74) is 0.626. The molecule has 2 heterocycles. The summed E-state index contributed by atoms with van der Waals surface area (Å²) in [5, 5.41) is 4.06. The molecule has 0 saturated heterocycles. The maximum absolute atomic E-state index is 11.9. The van der Waals surface area contributed by atoms with Crippen molar-refractivity contribution in [2.24, 2.45) is 0 Å². The Kier molecular flexibility index (Phi) is 2.64. The van der Waals surface area contributed by atoms with E-state index in [1.165, 1.54) is 13.2 Å². The highest BCUT2D eigenvalue weighted by Crippen LogP contribution is 2.13. The Hall–Kier alpha value is -1.85. The standard InChI is InChI=1S/C10H13N3O3/c1-12-4-3-5-13-8(9(12)14)6-7(11-13)10(15)16-2/h6H,3-5H2,1-2H3. The van der Waals surface area contributed by atoms with Crippen LogP contribution in [0.1, 0.15) is 27.4 Å². The van der Waals surface area contributed by atoms with Crippen molar-refractivity contribution < 1.29 is 14.3 Å². The minimum absolute atomic E-state index is 0.111. The lowest BCUT2D eigenvalue weighted by Gasteiger charge is -2.11. The van der Waals surface area contributed by atoms with Gasteiger partial charge in [0.1, 0.15) is 5.69 Å². The van der Waals surface area contributed by atoms with E-state index in [0.717, 1.165) is 6.42 Å². The molecule has 0 bridgehead atoms. The van der Waals surface area contributed by atoms with E-state index in [1.807, 2.05) is 0 Å². The van der Waals surface area contributed by atoms with Gasteiger partial charge in [-0.2, -0.15) is 5.10 Å². The molecule has 6 heteroatoms. The number of rotatable bonds is 1. The number of methoxy groups -OCH3 is 1. The molecule has 0 fully saturated rings. The molecule has 0 saturated carbocycles. The molecule has 2 rings (SSSR count). The average molecular weight is 223 g/mol. The van der Waals surface area contributed by atoms with E-state index in [1.54, 1.807) is 16.6 Å². The Balaban J connectivity index is 2.39. The first-order valence-corrected chi connectivity index (χ1v) is 5.05. The fraction of sp³-hybridized carbons (Fsp3) is 0.500. The lowest BCUT2D eigenvalue weighted by atomic mass is 10.3. The molecule has 1 aliphatic rings. The van der Waals surface area contributed by atoms with Crippen LogP contribution in [-0.2, 0) is 11.3 Å². The monoisotopic (exact) mass is 223 g/mol. The van der Waals surface area contributed by atoms with E-state index in [4.69, 9.17) is 0 Å². The molecule has 6 nitrogen and oxygen atoms in total. The van der Waals surface area contributed by atoms with Crippen molar-refractivity contribution in [3.05, 3.63) is 17.5 Å². The van der Waals surface area contributed by atoms with Crippen LogP contribution >= 0.6 is 0 Å². The number of carbonyl (C=O) groups is 2. The Bertz CT molecular complexity index is 439. The Morgan fingerprint density at radius 2 is 2.25 bits per heavy atom. The average Bonchev–Trinajstić information content (AvgIpc) is 2.66. The smallest absolute Gasteiger partial charge is 0.358 e. The quantitative estimate of drug-likeness (QED) is 0.635. The zero-order chi connectivity index (χ0) is 11.7. The lowest BCUT2D eigenvalue weighted by Crippen LogP contribution is -2.26. The van der Waals surface area contributed by atoms with E-state index < -0.39 is 5.97 Å². The van der Waals surface area contributed by atoms with Gasteiger partial charge in [0.05, 0.1) is 7.11 Å². The summed E-state index contributed by atoms with van der Waals surface area (Å²) in [6, 6.07) is 1.48. The molecule has 0 aliphatic carbocycles. The number of aryl methyl sites for hydroxylation is 1. The summed E-state index contributed by atoms with van der Waals surface area (Å²) in [7, 11) is 3.03. The van der Waals surface area contributed by atoms with E-state index in [0.29, 0.717) is 18.8 Å². The van der Waals surface area contributed by atoms with Crippen LogP contribution < -0.4 is 0 Å². The van der Waals surface area contributed by atoms with Crippen LogP contribution in [0.5, 0.6) is 0 Å². The van der Waals surface area contributed by atoms with Crippen LogP contribution in [0.4, 0.5) is 0 Å². The normalized spacial score (nSPS) is 15.6. The van der Waals surface area contributed by atoms with E-state index in [-0.39, 0.29) is 11.6 Å². The van der Waals surface area contributed by atoms with Crippen molar-refractivity contribution in [3.8, 4) is 0 Å². The minimum Gasteiger partial charge on any atom is -0.464 e. The highest BCUT2D eigenvalue weighted by Gasteiger charge is 2.24. The summed E-state index contributed by atoms with van der Waals surface area (Å²) in [6.07, 6.45) is 0.831. The molecule has 0 radical (unpaired) electrons. The van der Waals surface area contributed by atoms with E-state index in [2.05, 4.69) is 9.84 Å². The number of amides is 1. The largest absolute Gasteiger partial charge is 0.464 e. The molecule has 86 valence electrons. The zero-order valence-electron chi connectivity index (χ0n) is 9.27. The molecular weight excluding hydrogens is 210 g/mol. The molecule has 0 N–H and O–H groups in total. The Morgan fingerprint density at radius 3 is 2.94 bits per heavy atom. The molecule has 0 atom stereocenters. The number of nitrogens with zero attached hydrogens (tertiary/aromatic N) is 3. The van der Waals surface area contributed by atoms with Crippen molar-refractivity contribution >= 4 is 11.9 Å². The predicted octanol–water partition coefficient (Wildman–Crippen LogP) is 0.145. The highest BCUT2D eigenvalue weighted by molar-refractivity contribution is 5.96. The third kappa shape index (κ3) is 1.66. The Labute approximate surface area is 92.8 Å². The fourth-order valence-electron chi connectivity index (χ4n) is 1.72. The Morgan fingerprint density at radius 1 is 1.50 bits per heavy atom. The van der Waals surface area contributed by atoms with Gasteiger partial charge in [-0.25, -0.2) is 4.79 Å². The van der Waals surface area contributed by atoms with Crippen LogP contribution in [0.15, 0.2) is 6.07 Å². The van der Waals surface area contributed by atoms with Gasteiger partial charge in [-0.3, -0.25) is 9.48 Å². The molecule has 1 aromatic rings. The van der Waals surface area contributed by atoms with E-state index >= 15 is 0 Å². The SMILES string of the molecule is COC(=O)c1cc2n(n1)CCCN(C)C2=O. The second-order valence-electron chi connectivity index (χ2n) is 3.71. The summed E-state index contributed by atoms with van der Waals surface area (Å²) in [6.45, 7) is 1.35. The van der Waals surface area contributed by atoms with Gasteiger partial charge >= 0.3 is 5.97 Å². The van der Waals surface area contributed by atoms with Crippen molar-refractivity contribution in [2.45, 2.75) is 13.0 Å². The third-order valence-corrected chi connectivity index (χ3v) is 2.60. The summed E-state index contributed by atoms with van der Waals surface area (Å²) in [4.78, 5) is 24.8. The van der Waals surface area contributed by atoms with Gasteiger partial charge < -0.3 is 9.64 Å². The molecule has 16 heavy (non-hydrogen) atoms. The number of fused-ring (bicyclic) bond motifs is 1. The fourth-order valence-corrected chi connectivity index (χ4v) is 1.72. The zero-order valence-corrected chi connectivity index (χ0v) is 9.27. The van der Waals surface area contributed by atoms with Crippen LogP contribution in [-0.4, -0.2) is 47.3 Å². The summed E-state index contributed by atoms with van der Waals surface area (Å²) in [5.74, 6) is -0.629. The molecule has 0 aromatic carbocycles. The number of hydrogen-bond acceptors (Lipinski definition) is 4. The van der Waals surface area contributed by atoms with Gasteiger partial charge in [0.15, 0.2) is 5.69 Å². The summed E-state index contributed by atoms with van der Waals surface area (Å²) >= 11 is 0. The number of esters is 1. The lowest BCUT2D eigenvalue weighted by molar-refractivity contribution is 0.0593. The van der Waals surface area contributed by atoms with Crippen molar-refractivity contribution in [1.82, 2.24) is 14.7 Å². The van der Waals surface area contributed by atoms with Crippen LogP contribution in [0.2, 0.25) is 0 Å². The second-order valence-corrected chi connectivity index (χ2v) is 3.71. The molecule has 1 aliphatic heterocycles. The number of hydrogen-bond donors (Lipinski definition) is 0. The van der Waals surface area contributed by atoms with Crippen molar-refractivity contribution in [2.75, 3.05) is 20.7 Å². The van der Waals surface area contributed by atoms with Crippen LogP contribution in [0.3, 0.4) is 0 Å². The van der Waals surface area contributed by atoms with Gasteiger partial charge in [0.25, 0.3) is 5.91 Å². The van der Waals surface area contributed by atoms with Gasteiger partial charge in [0.2, 0.25) is 0 Å². The topological polar surface area (TPSA) is 64.4 Å². The second kappa shape index (κ2) is 3.96. The number of ether oxygens (including phenoxy) is 1. The van der Waals surface area contributed by atoms with Gasteiger partial charge in [-0.15, -0.1) is 0 Å². The molecule has 0 unspecified atom stereocenters. The van der Waals surface area contributed by atoms with Gasteiger partial charge in [-0.05, 0) is 6.42 Å². The minimum atomic E-state index is -0.518. The van der Waals surface area contributed by atoms with Gasteiger partial charge in [-0.1, -0.05) is 0 Å². The third-order valence-electron chi connectivity index (χ3n) is 2.60. The molecule has 1 aromatic heterocycles. The molecule has 1 amide bonds. The van der Waals surface area contributed by atoms with Crippen LogP contribution in [0, 0.1) is 0 Å². The molecule has 0 spiro atoms. The first-order chi connectivity index (χ1) is 7.63. The summed E-state index contributed by atoms with van der Waals surface area (Å²) < 4.78 is 6.14. The van der Waals surface area contributed by atoms with Crippen LogP contribution in [0.25, 0.3) is 0 Å². The maximum atomic E-state index is 11.9. The van der Waals surface area contributed by atoms with Crippen molar-refractivity contribution in [1.29, 1.82) is 0 Å². The molecular formula is C10H13N3O3. The first kappa shape index (κ1) is 10.7. The van der Waals surface area contributed by atoms with Gasteiger partial charge in [0, 0.05) is 26.2 Å². The first-order valence-electron chi connectivity index (χ1n) is 5.05. The highest BCUT2D eigenvalue weighted by atomic mass is 16.5. The van der Waals surface area contributed by atoms with E-state index in [9.17, 15) is 9.59 Å². The number of aromatic nitrogens is 2. The van der Waals surface area contributed by atoms with Crippen molar-refractivity contribution in [3.63, 3.8) is 0 Å². The number of carbonyl (C=O) groups excluding carboxylic acids is 2. The maximum Gasteiger partial charge on any atom is 0.358 e. The predicted molar refractivity (Wildman–Crippen MR) is 55.1 cm³/mol.